The normalized spacial score (nSPS) is 28.1. The molecule has 0 spiro atoms. The molecule has 1 unspecified atom stereocenters. The first-order valence-electron chi connectivity index (χ1n) is 7.70. The van der Waals surface area contributed by atoms with E-state index in [1.807, 2.05) is 0 Å². The summed E-state index contributed by atoms with van der Waals surface area (Å²) in [6, 6.07) is 0.735. The number of hydrogen-bond acceptors (Lipinski definition) is 2. The van der Waals surface area contributed by atoms with E-state index in [9.17, 15) is 0 Å². The number of hydrogen-bond donors (Lipinski definition) is 1. The van der Waals surface area contributed by atoms with Gasteiger partial charge in [0.15, 0.2) is 0 Å². The van der Waals surface area contributed by atoms with Gasteiger partial charge in [-0.2, -0.15) is 0 Å². The highest BCUT2D eigenvalue weighted by Crippen LogP contribution is 2.23. The van der Waals surface area contributed by atoms with Gasteiger partial charge in [-0.3, -0.25) is 0 Å². The van der Waals surface area contributed by atoms with Crippen LogP contribution >= 0.6 is 0 Å². The van der Waals surface area contributed by atoms with Crippen molar-refractivity contribution in [3.8, 4) is 0 Å². The molecule has 1 saturated carbocycles. The summed E-state index contributed by atoms with van der Waals surface area (Å²) in [5.41, 5.74) is 0. The van der Waals surface area contributed by atoms with Crippen molar-refractivity contribution in [1.82, 2.24) is 10.2 Å². The van der Waals surface area contributed by atoms with Crippen LogP contribution in [0.25, 0.3) is 0 Å². The molecule has 0 radical (unpaired) electrons. The molecule has 1 aliphatic carbocycles. The minimum atomic E-state index is 0.735. The fraction of sp³-hybridized carbons (Fsp3) is 1.00. The molecule has 2 fully saturated rings. The molecule has 0 aromatic heterocycles. The van der Waals surface area contributed by atoms with Gasteiger partial charge in [0, 0.05) is 12.6 Å². The fourth-order valence-electron chi connectivity index (χ4n) is 3.38. The van der Waals surface area contributed by atoms with Crippen LogP contribution in [0.1, 0.15) is 52.4 Å². The second kappa shape index (κ2) is 6.75. The standard InChI is InChI=1S/C15H30N2/c1-13(2)17-9-8-15(12-17)11-16-10-14-6-4-3-5-7-14/h13-16H,3-12H2,1-2H3. The monoisotopic (exact) mass is 238 g/mol. The van der Waals surface area contributed by atoms with E-state index in [1.54, 1.807) is 0 Å². The lowest BCUT2D eigenvalue weighted by Crippen LogP contribution is -2.32. The Hall–Kier alpha value is -0.0800. The zero-order chi connectivity index (χ0) is 12.1. The molecule has 2 nitrogen and oxygen atoms in total. The lowest BCUT2D eigenvalue weighted by molar-refractivity contribution is 0.262. The molecule has 0 aromatic carbocycles. The molecule has 1 atom stereocenters. The van der Waals surface area contributed by atoms with Crippen LogP contribution in [-0.2, 0) is 0 Å². The lowest BCUT2D eigenvalue weighted by atomic mass is 9.89. The summed E-state index contributed by atoms with van der Waals surface area (Å²) in [7, 11) is 0. The van der Waals surface area contributed by atoms with Crippen molar-refractivity contribution in [2.45, 2.75) is 58.4 Å². The van der Waals surface area contributed by atoms with E-state index in [2.05, 4.69) is 24.1 Å². The zero-order valence-electron chi connectivity index (χ0n) is 11.8. The van der Waals surface area contributed by atoms with E-state index in [-0.39, 0.29) is 0 Å². The SMILES string of the molecule is CC(C)N1CCC(CNCC2CCCCC2)C1. The topological polar surface area (TPSA) is 15.3 Å². The van der Waals surface area contributed by atoms with Crippen LogP contribution in [0.5, 0.6) is 0 Å². The van der Waals surface area contributed by atoms with Crippen molar-refractivity contribution >= 4 is 0 Å². The largest absolute Gasteiger partial charge is 0.316 e. The summed E-state index contributed by atoms with van der Waals surface area (Å²) in [6.07, 6.45) is 8.75. The van der Waals surface area contributed by atoms with Crippen LogP contribution in [-0.4, -0.2) is 37.1 Å². The van der Waals surface area contributed by atoms with Gasteiger partial charge in [0.1, 0.15) is 0 Å². The summed E-state index contributed by atoms with van der Waals surface area (Å²) in [6.45, 7) is 9.79. The first-order valence-corrected chi connectivity index (χ1v) is 7.70. The molecule has 0 bridgehead atoms. The summed E-state index contributed by atoms with van der Waals surface area (Å²) in [5, 5.41) is 3.73. The molecule has 2 aliphatic rings. The predicted molar refractivity (Wildman–Crippen MR) is 74.3 cm³/mol. The Morgan fingerprint density at radius 1 is 1.00 bits per heavy atom. The first-order chi connectivity index (χ1) is 8.25. The second-order valence-corrected chi connectivity index (χ2v) is 6.41. The van der Waals surface area contributed by atoms with E-state index < -0.39 is 0 Å². The molecular weight excluding hydrogens is 208 g/mol. The molecule has 0 amide bonds. The van der Waals surface area contributed by atoms with E-state index in [0.717, 1.165) is 17.9 Å². The van der Waals surface area contributed by atoms with Gasteiger partial charge >= 0.3 is 0 Å². The van der Waals surface area contributed by atoms with Crippen LogP contribution in [0.15, 0.2) is 0 Å². The van der Waals surface area contributed by atoms with Gasteiger partial charge < -0.3 is 10.2 Å². The van der Waals surface area contributed by atoms with E-state index in [4.69, 9.17) is 0 Å². The van der Waals surface area contributed by atoms with E-state index in [1.165, 1.54) is 64.7 Å². The molecular formula is C15H30N2. The molecule has 1 N–H and O–H groups in total. The van der Waals surface area contributed by atoms with Gasteiger partial charge in [-0.1, -0.05) is 19.3 Å². The van der Waals surface area contributed by atoms with Crippen molar-refractivity contribution in [2.24, 2.45) is 11.8 Å². The summed E-state index contributed by atoms with van der Waals surface area (Å²) >= 11 is 0. The van der Waals surface area contributed by atoms with Crippen LogP contribution in [0.3, 0.4) is 0 Å². The van der Waals surface area contributed by atoms with Crippen LogP contribution in [0.4, 0.5) is 0 Å². The molecule has 100 valence electrons. The van der Waals surface area contributed by atoms with Gasteiger partial charge in [0.25, 0.3) is 0 Å². The van der Waals surface area contributed by atoms with Crippen molar-refractivity contribution in [3.05, 3.63) is 0 Å². The van der Waals surface area contributed by atoms with Gasteiger partial charge in [-0.05, 0) is 64.6 Å². The molecule has 1 heterocycles. The van der Waals surface area contributed by atoms with Gasteiger partial charge in [-0.25, -0.2) is 0 Å². The number of rotatable bonds is 5. The van der Waals surface area contributed by atoms with Crippen molar-refractivity contribution in [1.29, 1.82) is 0 Å². The maximum atomic E-state index is 3.73. The summed E-state index contributed by atoms with van der Waals surface area (Å²) in [5.74, 6) is 1.88. The van der Waals surface area contributed by atoms with Crippen molar-refractivity contribution < 1.29 is 0 Å². The number of nitrogens with one attached hydrogen (secondary N) is 1. The maximum Gasteiger partial charge on any atom is 0.00387 e. The van der Waals surface area contributed by atoms with Gasteiger partial charge in [-0.15, -0.1) is 0 Å². The zero-order valence-corrected chi connectivity index (χ0v) is 11.8. The number of likely N-dealkylation sites (tertiary alicyclic amines) is 1. The Balaban J connectivity index is 1.56. The molecule has 2 heteroatoms. The van der Waals surface area contributed by atoms with Gasteiger partial charge in [0.2, 0.25) is 0 Å². The summed E-state index contributed by atoms with van der Waals surface area (Å²) < 4.78 is 0. The van der Waals surface area contributed by atoms with Crippen LogP contribution in [0, 0.1) is 11.8 Å². The minimum Gasteiger partial charge on any atom is -0.316 e. The fourth-order valence-corrected chi connectivity index (χ4v) is 3.38. The van der Waals surface area contributed by atoms with E-state index in [0.29, 0.717) is 0 Å². The predicted octanol–water partition coefficient (Wildman–Crippen LogP) is 2.89. The Morgan fingerprint density at radius 3 is 2.35 bits per heavy atom. The Labute approximate surface area is 107 Å². The lowest BCUT2D eigenvalue weighted by Gasteiger charge is -2.23. The quantitative estimate of drug-likeness (QED) is 0.792. The minimum absolute atomic E-state index is 0.735. The molecule has 17 heavy (non-hydrogen) atoms. The molecule has 2 rings (SSSR count). The Morgan fingerprint density at radius 2 is 1.71 bits per heavy atom. The third-order valence-electron chi connectivity index (χ3n) is 4.64. The van der Waals surface area contributed by atoms with Gasteiger partial charge in [0.05, 0.1) is 0 Å². The Kier molecular flexibility index (Phi) is 5.30. The molecule has 1 saturated heterocycles. The second-order valence-electron chi connectivity index (χ2n) is 6.41. The maximum absolute atomic E-state index is 3.73. The third kappa shape index (κ3) is 4.26. The summed E-state index contributed by atoms with van der Waals surface area (Å²) in [4.78, 5) is 2.62. The van der Waals surface area contributed by atoms with Crippen molar-refractivity contribution in [2.75, 3.05) is 26.2 Å². The van der Waals surface area contributed by atoms with Crippen LogP contribution < -0.4 is 5.32 Å². The van der Waals surface area contributed by atoms with Crippen LogP contribution in [0.2, 0.25) is 0 Å². The highest BCUT2D eigenvalue weighted by atomic mass is 15.2. The molecule has 0 aromatic rings. The highest BCUT2D eigenvalue weighted by molar-refractivity contribution is 4.79. The average Bonchev–Trinajstić information content (AvgIpc) is 2.79. The number of nitrogens with zero attached hydrogens (tertiary/aromatic N) is 1. The molecule has 1 aliphatic heterocycles. The smallest absolute Gasteiger partial charge is 0.00387 e. The average molecular weight is 238 g/mol. The Bertz CT molecular complexity index is 209. The highest BCUT2D eigenvalue weighted by Gasteiger charge is 2.24. The first kappa shape index (κ1) is 13.4. The van der Waals surface area contributed by atoms with E-state index >= 15 is 0 Å². The third-order valence-corrected chi connectivity index (χ3v) is 4.64. The van der Waals surface area contributed by atoms with Crippen molar-refractivity contribution in [3.63, 3.8) is 0 Å².